The Morgan fingerprint density at radius 3 is 2.84 bits per heavy atom. The van der Waals surface area contributed by atoms with Crippen molar-refractivity contribution in [3.8, 4) is 0 Å². The minimum atomic E-state index is -1.25. The van der Waals surface area contributed by atoms with Gasteiger partial charge < -0.3 is 19.9 Å². The quantitative estimate of drug-likeness (QED) is 0.418. The molecule has 0 bridgehead atoms. The topological polar surface area (TPSA) is 113 Å². The van der Waals surface area contributed by atoms with E-state index in [-0.39, 0.29) is 36.9 Å². The average Bonchev–Trinajstić information content (AvgIpc) is 3.40. The van der Waals surface area contributed by atoms with Gasteiger partial charge in [0.2, 0.25) is 0 Å². The van der Waals surface area contributed by atoms with Crippen LogP contribution >= 0.6 is 22.9 Å². The van der Waals surface area contributed by atoms with Crippen molar-refractivity contribution in [1.82, 2.24) is 15.2 Å². The molecule has 204 valence electrons. The Morgan fingerprint density at radius 1 is 1.37 bits per heavy atom. The highest BCUT2D eigenvalue weighted by atomic mass is 35.5. The molecule has 2 N–H and O–H groups in total. The number of piperidine rings is 1. The molecule has 9 nitrogen and oxygen atoms in total. The number of carbonyl (C=O) groups excluding carboxylic acids is 1. The second-order valence-electron chi connectivity index (χ2n) is 8.83. The smallest absolute Gasteiger partial charge is 0.338 e. The number of nitrogens with one attached hydrogen (secondary N) is 1. The summed E-state index contributed by atoms with van der Waals surface area (Å²) in [6.45, 7) is 2.08. The summed E-state index contributed by atoms with van der Waals surface area (Å²) in [5, 5.41) is 14.4. The summed E-state index contributed by atoms with van der Waals surface area (Å²) in [5.74, 6) is -2.27. The Kier molecular flexibility index (Phi) is 9.42. The van der Waals surface area contributed by atoms with Crippen molar-refractivity contribution >= 4 is 40.7 Å². The number of thiazole rings is 1. The van der Waals surface area contributed by atoms with E-state index in [0.717, 1.165) is 6.07 Å². The highest BCUT2D eigenvalue weighted by Crippen LogP contribution is 2.37. The number of ether oxygens (including phenoxy) is 2. The fourth-order valence-electron chi connectivity index (χ4n) is 4.44. The first-order chi connectivity index (χ1) is 18.3. The van der Waals surface area contributed by atoms with Gasteiger partial charge in [0, 0.05) is 46.9 Å². The Bertz CT molecular complexity index is 1230. The first-order valence-electron chi connectivity index (χ1n) is 12.0. The number of alkyl halides is 1. The van der Waals surface area contributed by atoms with Gasteiger partial charge in [-0.1, -0.05) is 17.7 Å². The maximum absolute atomic E-state index is 15.0. The zero-order chi connectivity index (χ0) is 27.2. The van der Waals surface area contributed by atoms with Crippen LogP contribution in [-0.2, 0) is 19.1 Å². The number of likely N-dealkylation sites (tertiary alicyclic amines) is 1. The van der Waals surface area contributed by atoms with E-state index >= 15 is 4.39 Å². The van der Waals surface area contributed by atoms with Crippen LogP contribution in [0.2, 0.25) is 5.02 Å². The molecule has 38 heavy (non-hydrogen) atoms. The largest absolute Gasteiger partial charge is 0.480 e. The lowest BCUT2D eigenvalue weighted by molar-refractivity contribution is -0.143. The zero-order valence-corrected chi connectivity index (χ0v) is 22.1. The number of aliphatic imine (C=N–C) groups is 1. The van der Waals surface area contributed by atoms with E-state index in [2.05, 4.69) is 10.3 Å². The lowest BCUT2D eigenvalue weighted by Crippen LogP contribution is -2.47. The molecule has 1 saturated heterocycles. The highest BCUT2D eigenvalue weighted by Gasteiger charge is 2.36. The van der Waals surface area contributed by atoms with Crippen molar-refractivity contribution in [1.29, 1.82) is 0 Å². The number of nitrogens with zero attached hydrogens (tertiary/aromatic N) is 3. The van der Waals surface area contributed by atoms with Crippen LogP contribution in [0, 0.1) is 11.7 Å². The molecule has 1 aromatic heterocycles. The Balaban J connectivity index is 1.64. The second kappa shape index (κ2) is 12.7. The van der Waals surface area contributed by atoms with Gasteiger partial charge in [-0.15, -0.1) is 11.3 Å². The van der Waals surface area contributed by atoms with Crippen molar-refractivity contribution in [2.45, 2.75) is 25.6 Å². The molecule has 0 spiro atoms. The molecule has 0 aliphatic carbocycles. The van der Waals surface area contributed by atoms with E-state index in [1.807, 2.05) is 4.90 Å². The van der Waals surface area contributed by atoms with Crippen LogP contribution < -0.4 is 5.32 Å². The molecule has 0 saturated carbocycles. The molecule has 2 aliphatic heterocycles. The first kappa shape index (κ1) is 28.1. The normalized spacial score (nSPS) is 22.1. The van der Waals surface area contributed by atoms with Crippen LogP contribution in [0.25, 0.3) is 0 Å². The highest BCUT2D eigenvalue weighted by molar-refractivity contribution is 7.11. The molecular weight excluding hydrogens is 542 g/mol. The third-order valence-electron chi connectivity index (χ3n) is 6.21. The fourth-order valence-corrected chi connectivity index (χ4v) is 5.29. The third-order valence-corrected chi connectivity index (χ3v) is 7.32. The lowest BCUT2D eigenvalue weighted by Gasteiger charge is -2.36. The van der Waals surface area contributed by atoms with E-state index < -0.39 is 42.5 Å². The lowest BCUT2D eigenvalue weighted by atomic mass is 9.93. The van der Waals surface area contributed by atoms with Gasteiger partial charge >= 0.3 is 11.9 Å². The number of benzene rings is 1. The van der Waals surface area contributed by atoms with Crippen molar-refractivity contribution in [3.63, 3.8) is 0 Å². The molecule has 0 amide bonds. The monoisotopic (exact) mass is 568 g/mol. The molecule has 1 aromatic carbocycles. The minimum absolute atomic E-state index is 0.0162. The number of carbonyl (C=O) groups is 2. The van der Waals surface area contributed by atoms with Gasteiger partial charge in [0.25, 0.3) is 0 Å². The average molecular weight is 569 g/mol. The van der Waals surface area contributed by atoms with Crippen molar-refractivity contribution in [3.05, 3.63) is 62.5 Å². The number of esters is 1. The summed E-state index contributed by atoms with van der Waals surface area (Å²) >= 11 is 7.74. The van der Waals surface area contributed by atoms with Crippen LogP contribution in [0.3, 0.4) is 0 Å². The number of rotatable bonds is 10. The van der Waals surface area contributed by atoms with Crippen LogP contribution in [0.1, 0.15) is 30.0 Å². The first-order valence-corrected chi connectivity index (χ1v) is 13.3. The molecule has 4 rings (SSSR count). The van der Waals surface area contributed by atoms with E-state index in [4.69, 9.17) is 31.2 Å². The van der Waals surface area contributed by atoms with Gasteiger partial charge in [-0.05, 0) is 32.0 Å². The van der Waals surface area contributed by atoms with Gasteiger partial charge in [0.15, 0.2) is 10.8 Å². The maximum atomic E-state index is 15.0. The summed E-state index contributed by atoms with van der Waals surface area (Å²) in [4.78, 5) is 34.8. The molecule has 2 aliphatic rings. The number of hydrogen-bond donors (Lipinski definition) is 2. The molecule has 2 unspecified atom stereocenters. The number of aromatic nitrogens is 1. The summed E-state index contributed by atoms with van der Waals surface area (Å²) in [5.41, 5.74) is 1.08. The van der Waals surface area contributed by atoms with Crippen LogP contribution in [-0.4, -0.2) is 78.4 Å². The number of halogens is 3. The van der Waals surface area contributed by atoms with Gasteiger partial charge in [-0.2, -0.15) is 0 Å². The predicted octanol–water partition coefficient (Wildman–Crippen LogP) is 3.61. The maximum Gasteiger partial charge on any atom is 0.338 e. The van der Waals surface area contributed by atoms with Gasteiger partial charge in [-0.25, -0.2) is 23.4 Å². The standard InChI is InChI=1S/C25H27ClF2N4O5S/c1-2-37-25(35)21-19(11-32-7-5-14(18(28)10-32)12-36-13-20(33)34)30-23(24-29-6-8-38-24)31-22(21)16-4-3-15(27)9-17(16)26/h3-4,6,8-9,14,18,22H,2,5,7,10-13H2,1H3,(H,30,31)(H,33,34)/t14?,18?,22-/m0/s1. The van der Waals surface area contributed by atoms with E-state index in [9.17, 15) is 14.0 Å². The molecule has 13 heteroatoms. The Morgan fingerprint density at radius 2 is 2.18 bits per heavy atom. The van der Waals surface area contributed by atoms with E-state index in [1.165, 1.54) is 23.5 Å². The van der Waals surface area contributed by atoms with Crippen LogP contribution in [0.15, 0.2) is 46.0 Å². The molecule has 1 fully saturated rings. The fraction of sp³-hybridized carbons (Fsp3) is 0.440. The van der Waals surface area contributed by atoms with Gasteiger partial charge in [-0.3, -0.25) is 9.89 Å². The van der Waals surface area contributed by atoms with Crippen molar-refractivity contribution in [2.24, 2.45) is 10.9 Å². The number of hydrogen-bond acceptors (Lipinski definition) is 9. The second-order valence-corrected chi connectivity index (χ2v) is 10.1. The number of amidine groups is 1. The van der Waals surface area contributed by atoms with Crippen LogP contribution in [0.4, 0.5) is 8.78 Å². The summed E-state index contributed by atoms with van der Waals surface area (Å²) in [7, 11) is 0. The third kappa shape index (κ3) is 6.73. The molecule has 2 aromatic rings. The predicted molar refractivity (Wildman–Crippen MR) is 137 cm³/mol. The molecule has 3 heterocycles. The zero-order valence-electron chi connectivity index (χ0n) is 20.5. The van der Waals surface area contributed by atoms with Crippen LogP contribution in [0.5, 0.6) is 0 Å². The number of carboxylic acid groups (broad SMARTS) is 1. The van der Waals surface area contributed by atoms with E-state index in [1.54, 1.807) is 18.5 Å². The summed E-state index contributed by atoms with van der Waals surface area (Å²) in [6.07, 6.45) is 0.824. The molecule has 3 atom stereocenters. The molecule has 0 radical (unpaired) electrons. The minimum Gasteiger partial charge on any atom is -0.480 e. The number of aliphatic carboxylic acids is 1. The van der Waals surface area contributed by atoms with Gasteiger partial charge in [0.05, 0.1) is 18.8 Å². The SMILES string of the molecule is CCOC(=O)C1=C(CN2CCC(COCC(=O)O)C(F)C2)NC(c2nccs2)=N[C@H]1c1ccc(F)cc1Cl. The molecular formula is C25H27ClF2N4O5S. The summed E-state index contributed by atoms with van der Waals surface area (Å²) < 4.78 is 39.3. The summed E-state index contributed by atoms with van der Waals surface area (Å²) in [6, 6.07) is 2.98. The van der Waals surface area contributed by atoms with E-state index in [0.29, 0.717) is 35.1 Å². The number of carboxylic acids is 1. The van der Waals surface area contributed by atoms with Crippen molar-refractivity contribution < 1.29 is 33.0 Å². The Labute approximate surface area is 227 Å². The van der Waals surface area contributed by atoms with Crippen molar-refractivity contribution in [2.75, 3.05) is 39.5 Å². The Hall–Kier alpha value is -2.93. The van der Waals surface area contributed by atoms with Gasteiger partial charge in [0.1, 0.15) is 24.6 Å².